The van der Waals surface area contributed by atoms with Gasteiger partial charge in [0, 0.05) is 19.0 Å². The minimum Gasteiger partial charge on any atom is -0.394 e. The normalized spacial score (nSPS) is 11.5. The summed E-state index contributed by atoms with van der Waals surface area (Å²) >= 11 is 0. The number of benzene rings is 2. The van der Waals surface area contributed by atoms with Crippen molar-refractivity contribution in [1.29, 1.82) is 0 Å². The fourth-order valence-corrected chi connectivity index (χ4v) is 2.28. The second kappa shape index (κ2) is 8.64. The molecule has 24 heavy (non-hydrogen) atoms. The van der Waals surface area contributed by atoms with E-state index in [-0.39, 0.29) is 31.2 Å². The highest BCUT2D eigenvalue weighted by molar-refractivity contribution is 5.77. The lowest BCUT2D eigenvalue weighted by molar-refractivity contribution is -0.384. The number of nitrogens with one attached hydrogen (secondary N) is 2. The summed E-state index contributed by atoms with van der Waals surface area (Å²) in [5.41, 5.74) is 1.16. The van der Waals surface area contributed by atoms with E-state index in [0.29, 0.717) is 5.69 Å². The van der Waals surface area contributed by atoms with Crippen LogP contribution in [0.4, 0.5) is 11.4 Å². The van der Waals surface area contributed by atoms with E-state index in [1.165, 1.54) is 6.07 Å². The Balaban J connectivity index is 1.86. The van der Waals surface area contributed by atoms with Gasteiger partial charge in [0.05, 0.1) is 17.6 Å². The van der Waals surface area contributed by atoms with Gasteiger partial charge in [-0.2, -0.15) is 0 Å². The number of anilines is 1. The zero-order valence-corrected chi connectivity index (χ0v) is 13.0. The average molecular weight is 329 g/mol. The first kappa shape index (κ1) is 17.4. The molecule has 0 aliphatic heterocycles. The largest absolute Gasteiger partial charge is 0.394 e. The first-order valence-electron chi connectivity index (χ1n) is 7.54. The van der Waals surface area contributed by atoms with Crippen molar-refractivity contribution >= 4 is 17.3 Å². The summed E-state index contributed by atoms with van der Waals surface area (Å²) in [6.45, 7) is 0.0525. The summed E-state index contributed by atoms with van der Waals surface area (Å²) in [6.07, 6.45) is 0.134. The molecule has 1 atom stereocenters. The quantitative estimate of drug-likeness (QED) is 0.509. The maximum atomic E-state index is 12.0. The summed E-state index contributed by atoms with van der Waals surface area (Å²) in [6, 6.07) is 15.0. The predicted octanol–water partition coefficient (Wildman–Crippen LogP) is 2.25. The Hall–Kier alpha value is -2.93. The molecule has 3 N–H and O–H groups in total. The van der Waals surface area contributed by atoms with Crippen LogP contribution in [0.2, 0.25) is 0 Å². The van der Waals surface area contributed by atoms with Crippen LogP contribution in [0.5, 0.6) is 0 Å². The maximum Gasteiger partial charge on any atom is 0.292 e. The molecule has 0 saturated carbocycles. The fourth-order valence-electron chi connectivity index (χ4n) is 2.28. The van der Waals surface area contributed by atoms with E-state index in [1.54, 1.807) is 18.2 Å². The third-order valence-corrected chi connectivity index (χ3v) is 3.49. The molecule has 0 aromatic heterocycles. The van der Waals surface area contributed by atoms with Gasteiger partial charge in [0.15, 0.2) is 0 Å². The second-order valence-corrected chi connectivity index (χ2v) is 5.16. The van der Waals surface area contributed by atoms with Crippen molar-refractivity contribution in [2.24, 2.45) is 0 Å². The molecular weight excluding hydrogens is 310 g/mol. The van der Waals surface area contributed by atoms with E-state index in [1.807, 2.05) is 30.3 Å². The van der Waals surface area contributed by atoms with Gasteiger partial charge < -0.3 is 15.7 Å². The smallest absolute Gasteiger partial charge is 0.292 e. The summed E-state index contributed by atoms with van der Waals surface area (Å²) in [4.78, 5) is 22.4. The summed E-state index contributed by atoms with van der Waals surface area (Å²) in [7, 11) is 0. The highest BCUT2D eigenvalue weighted by atomic mass is 16.6. The van der Waals surface area contributed by atoms with Crippen molar-refractivity contribution in [2.45, 2.75) is 12.5 Å². The Morgan fingerprint density at radius 2 is 1.79 bits per heavy atom. The van der Waals surface area contributed by atoms with Gasteiger partial charge >= 0.3 is 0 Å². The van der Waals surface area contributed by atoms with Crippen LogP contribution in [0.25, 0.3) is 0 Å². The van der Waals surface area contributed by atoms with E-state index in [0.717, 1.165) is 5.56 Å². The molecule has 1 amide bonds. The first-order chi connectivity index (χ1) is 11.6. The van der Waals surface area contributed by atoms with Gasteiger partial charge in [0.1, 0.15) is 5.69 Å². The van der Waals surface area contributed by atoms with Crippen molar-refractivity contribution in [3.8, 4) is 0 Å². The number of hydrogen-bond donors (Lipinski definition) is 3. The standard InChI is InChI=1S/C17H19N3O4/c21-12-15(13-6-2-1-3-7-13)19-17(22)10-11-18-14-8-4-5-9-16(14)20(23)24/h1-9,15,18,21H,10-12H2,(H,19,22). The summed E-state index contributed by atoms with van der Waals surface area (Å²) in [5, 5.41) is 26.0. The number of nitro benzene ring substituents is 1. The Bertz CT molecular complexity index is 691. The lowest BCUT2D eigenvalue weighted by atomic mass is 10.1. The number of aliphatic hydroxyl groups excluding tert-OH is 1. The maximum absolute atomic E-state index is 12.0. The minimum atomic E-state index is -0.473. The van der Waals surface area contributed by atoms with Gasteiger partial charge in [-0.15, -0.1) is 0 Å². The number of nitro groups is 1. The highest BCUT2D eigenvalue weighted by Gasteiger charge is 2.14. The molecule has 0 fully saturated rings. The Kier molecular flexibility index (Phi) is 6.27. The molecule has 0 radical (unpaired) electrons. The molecule has 126 valence electrons. The van der Waals surface area contributed by atoms with Crippen molar-refractivity contribution < 1.29 is 14.8 Å². The second-order valence-electron chi connectivity index (χ2n) is 5.16. The van der Waals surface area contributed by atoms with Crippen molar-refractivity contribution in [3.63, 3.8) is 0 Å². The lowest BCUT2D eigenvalue weighted by Crippen LogP contribution is -2.31. The number of rotatable bonds is 8. The molecule has 1 unspecified atom stereocenters. The number of amides is 1. The zero-order chi connectivity index (χ0) is 17.4. The summed E-state index contributed by atoms with van der Waals surface area (Å²) < 4.78 is 0. The van der Waals surface area contributed by atoms with Crippen LogP contribution >= 0.6 is 0 Å². The molecule has 7 heteroatoms. The molecule has 0 aliphatic rings. The average Bonchev–Trinajstić information content (AvgIpc) is 2.60. The number of hydrogen-bond acceptors (Lipinski definition) is 5. The molecular formula is C17H19N3O4. The third-order valence-electron chi connectivity index (χ3n) is 3.49. The number of carbonyl (C=O) groups is 1. The molecule has 2 aromatic carbocycles. The number of nitrogens with zero attached hydrogens (tertiary/aromatic N) is 1. The van der Waals surface area contributed by atoms with Gasteiger partial charge in [-0.3, -0.25) is 14.9 Å². The highest BCUT2D eigenvalue weighted by Crippen LogP contribution is 2.22. The van der Waals surface area contributed by atoms with Gasteiger partial charge in [-0.25, -0.2) is 0 Å². The Labute approximate surface area is 139 Å². The molecule has 0 heterocycles. The van der Waals surface area contributed by atoms with E-state index in [2.05, 4.69) is 10.6 Å². The van der Waals surface area contributed by atoms with Crippen LogP contribution in [0.15, 0.2) is 54.6 Å². The number of aliphatic hydroxyl groups is 1. The van der Waals surface area contributed by atoms with E-state index < -0.39 is 11.0 Å². The van der Waals surface area contributed by atoms with Crippen LogP contribution < -0.4 is 10.6 Å². The fraction of sp³-hybridized carbons (Fsp3) is 0.235. The van der Waals surface area contributed by atoms with Gasteiger partial charge in [-0.05, 0) is 11.6 Å². The van der Waals surface area contributed by atoms with Crippen molar-refractivity contribution in [2.75, 3.05) is 18.5 Å². The van der Waals surface area contributed by atoms with Crippen molar-refractivity contribution in [3.05, 3.63) is 70.3 Å². The zero-order valence-electron chi connectivity index (χ0n) is 13.0. The van der Waals surface area contributed by atoms with E-state index >= 15 is 0 Å². The van der Waals surface area contributed by atoms with Crippen LogP contribution in [0.1, 0.15) is 18.0 Å². The monoisotopic (exact) mass is 329 g/mol. The molecule has 2 aromatic rings. The van der Waals surface area contributed by atoms with Gasteiger partial charge in [-0.1, -0.05) is 42.5 Å². The lowest BCUT2D eigenvalue weighted by Gasteiger charge is -2.17. The topological polar surface area (TPSA) is 104 Å². The number of carbonyl (C=O) groups excluding carboxylic acids is 1. The molecule has 0 bridgehead atoms. The SMILES string of the molecule is O=C(CCNc1ccccc1[N+](=O)[O-])NC(CO)c1ccccc1. The molecule has 2 rings (SSSR count). The van der Waals surface area contributed by atoms with Crippen LogP contribution in [-0.4, -0.2) is 29.1 Å². The van der Waals surface area contributed by atoms with Crippen LogP contribution in [0.3, 0.4) is 0 Å². The Morgan fingerprint density at radius 1 is 1.12 bits per heavy atom. The first-order valence-corrected chi connectivity index (χ1v) is 7.54. The van der Waals surface area contributed by atoms with Crippen LogP contribution in [0, 0.1) is 10.1 Å². The third kappa shape index (κ3) is 4.79. The molecule has 0 spiro atoms. The predicted molar refractivity (Wildman–Crippen MR) is 90.6 cm³/mol. The summed E-state index contributed by atoms with van der Waals surface area (Å²) in [5.74, 6) is -0.246. The Morgan fingerprint density at radius 3 is 2.46 bits per heavy atom. The molecule has 0 aliphatic carbocycles. The minimum absolute atomic E-state index is 0.0320. The van der Waals surface area contributed by atoms with E-state index in [4.69, 9.17) is 0 Å². The molecule has 0 saturated heterocycles. The van der Waals surface area contributed by atoms with Gasteiger partial charge in [0.25, 0.3) is 5.69 Å². The van der Waals surface area contributed by atoms with Crippen molar-refractivity contribution in [1.82, 2.24) is 5.32 Å². The molecule has 7 nitrogen and oxygen atoms in total. The van der Waals surface area contributed by atoms with E-state index in [9.17, 15) is 20.0 Å². The van der Waals surface area contributed by atoms with Crippen LogP contribution in [-0.2, 0) is 4.79 Å². The number of para-hydroxylation sites is 2. The van der Waals surface area contributed by atoms with Gasteiger partial charge in [0.2, 0.25) is 5.91 Å².